The molecule has 0 amide bonds. The molecule has 4 nitrogen and oxygen atoms in total. The molecule has 4 heteroatoms. The van der Waals surface area contributed by atoms with Gasteiger partial charge in [0.1, 0.15) is 5.75 Å². The topological polar surface area (TPSA) is 51.4 Å². The van der Waals surface area contributed by atoms with Crippen molar-refractivity contribution < 1.29 is 4.74 Å². The van der Waals surface area contributed by atoms with E-state index in [1.165, 1.54) is 5.56 Å². The summed E-state index contributed by atoms with van der Waals surface area (Å²) < 4.78 is 5.17. The summed E-state index contributed by atoms with van der Waals surface area (Å²) in [6.07, 6.45) is 3.65. The highest BCUT2D eigenvalue weighted by molar-refractivity contribution is 5.29. The molecule has 2 rings (SSSR count). The standard InChI is InChI=1S/C17H23N3O/c1-3-20(12-14-8-10-19-11-9-14)13-17(18)15-4-6-16(21-2)7-5-15/h4-11,17H,3,12-13,18H2,1-2H3. The van der Waals surface area contributed by atoms with Gasteiger partial charge in [-0.1, -0.05) is 19.1 Å². The van der Waals surface area contributed by atoms with E-state index in [2.05, 4.69) is 16.8 Å². The minimum atomic E-state index is -0.00214. The van der Waals surface area contributed by atoms with Gasteiger partial charge >= 0.3 is 0 Å². The number of pyridine rings is 1. The zero-order valence-corrected chi connectivity index (χ0v) is 12.7. The normalized spacial score (nSPS) is 12.4. The molecule has 0 radical (unpaired) electrons. The number of rotatable bonds is 7. The van der Waals surface area contributed by atoms with Gasteiger partial charge in [0.25, 0.3) is 0 Å². The van der Waals surface area contributed by atoms with Crippen LogP contribution in [0.4, 0.5) is 0 Å². The number of aromatic nitrogens is 1. The molecule has 1 aromatic heterocycles. The Morgan fingerprint density at radius 2 is 1.81 bits per heavy atom. The molecule has 1 atom stereocenters. The highest BCUT2D eigenvalue weighted by Crippen LogP contribution is 2.17. The Labute approximate surface area is 126 Å². The molecule has 1 unspecified atom stereocenters. The fourth-order valence-electron chi connectivity index (χ4n) is 2.29. The lowest BCUT2D eigenvalue weighted by Gasteiger charge is -2.24. The van der Waals surface area contributed by atoms with Crippen molar-refractivity contribution >= 4 is 0 Å². The van der Waals surface area contributed by atoms with Crippen LogP contribution in [0.5, 0.6) is 5.75 Å². The number of hydrogen-bond donors (Lipinski definition) is 1. The Hall–Kier alpha value is -1.91. The molecule has 2 aromatic rings. The lowest BCUT2D eigenvalue weighted by molar-refractivity contribution is 0.262. The molecule has 1 heterocycles. The van der Waals surface area contributed by atoms with Crippen LogP contribution in [0.2, 0.25) is 0 Å². The minimum Gasteiger partial charge on any atom is -0.497 e. The van der Waals surface area contributed by atoms with Crippen molar-refractivity contribution in [2.45, 2.75) is 19.5 Å². The maximum absolute atomic E-state index is 6.32. The van der Waals surface area contributed by atoms with Gasteiger partial charge in [0.15, 0.2) is 0 Å². The summed E-state index contributed by atoms with van der Waals surface area (Å²) in [7, 11) is 1.67. The molecule has 0 spiro atoms. The zero-order chi connectivity index (χ0) is 15.1. The lowest BCUT2D eigenvalue weighted by Crippen LogP contribution is -2.31. The maximum Gasteiger partial charge on any atom is 0.118 e. The highest BCUT2D eigenvalue weighted by atomic mass is 16.5. The highest BCUT2D eigenvalue weighted by Gasteiger charge is 2.11. The van der Waals surface area contributed by atoms with Crippen LogP contribution >= 0.6 is 0 Å². The van der Waals surface area contributed by atoms with Crippen molar-refractivity contribution in [3.63, 3.8) is 0 Å². The molecule has 112 valence electrons. The third-order valence-electron chi connectivity index (χ3n) is 3.60. The number of hydrogen-bond acceptors (Lipinski definition) is 4. The predicted molar refractivity (Wildman–Crippen MR) is 85.1 cm³/mol. The van der Waals surface area contributed by atoms with E-state index < -0.39 is 0 Å². The van der Waals surface area contributed by atoms with Gasteiger partial charge in [-0.2, -0.15) is 0 Å². The van der Waals surface area contributed by atoms with Crippen LogP contribution in [0, 0.1) is 0 Å². The van der Waals surface area contributed by atoms with E-state index in [0.29, 0.717) is 0 Å². The first-order chi connectivity index (χ1) is 10.2. The predicted octanol–water partition coefficient (Wildman–Crippen LogP) is 2.61. The van der Waals surface area contributed by atoms with Crippen molar-refractivity contribution in [3.8, 4) is 5.75 Å². The smallest absolute Gasteiger partial charge is 0.118 e. The third kappa shape index (κ3) is 4.55. The summed E-state index contributed by atoms with van der Waals surface area (Å²) in [5, 5.41) is 0. The lowest BCUT2D eigenvalue weighted by atomic mass is 10.1. The summed E-state index contributed by atoms with van der Waals surface area (Å²) >= 11 is 0. The Balaban J connectivity index is 1.96. The second-order valence-corrected chi connectivity index (χ2v) is 5.06. The number of benzene rings is 1. The van der Waals surface area contributed by atoms with Crippen LogP contribution < -0.4 is 10.5 Å². The molecule has 0 bridgehead atoms. The third-order valence-corrected chi connectivity index (χ3v) is 3.60. The molecule has 0 saturated carbocycles. The van der Waals surface area contributed by atoms with Crippen LogP contribution in [0.15, 0.2) is 48.8 Å². The summed E-state index contributed by atoms with van der Waals surface area (Å²) in [5.74, 6) is 0.857. The summed E-state index contributed by atoms with van der Waals surface area (Å²) in [5.41, 5.74) is 8.71. The second kappa shape index (κ2) is 7.76. The Morgan fingerprint density at radius 1 is 1.14 bits per heavy atom. The zero-order valence-electron chi connectivity index (χ0n) is 12.7. The average Bonchev–Trinajstić information content (AvgIpc) is 2.55. The van der Waals surface area contributed by atoms with Crippen molar-refractivity contribution in [2.75, 3.05) is 20.2 Å². The van der Waals surface area contributed by atoms with Crippen LogP contribution in [-0.4, -0.2) is 30.1 Å². The van der Waals surface area contributed by atoms with Gasteiger partial charge in [0.2, 0.25) is 0 Å². The van der Waals surface area contributed by atoms with Crippen molar-refractivity contribution in [3.05, 3.63) is 59.9 Å². The molecular formula is C17H23N3O. The number of nitrogens with two attached hydrogens (primary N) is 1. The van der Waals surface area contributed by atoms with E-state index in [4.69, 9.17) is 10.5 Å². The van der Waals surface area contributed by atoms with Gasteiger partial charge in [0, 0.05) is 31.5 Å². The Morgan fingerprint density at radius 3 is 2.38 bits per heavy atom. The average molecular weight is 285 g/mol. The summed E-state index contributed by atoms with van der Waals surface area (Å²) in [4.78, 5) is 6.39. The van der Waals surface area contributed by atoms with Crippen LogP contribution in [0.3, 0.4) is 0 Å². The van der Waals surface area contributed by atoms with E-state index in [1.807, 2.05) is 48.8 Å². The molecule has 0 aliphatic heterocycles. The van der Waals surface area contributed by atoms with Gasteiger partial charge in [-0.15, -0.1) is 0 Å². The molecule has 0 saturated heterocycles. The fraction of sp³-hybridized carbons (Fsp3) is 0.353. The first kappa shape index (κ1) is 15.5. The van der Waals surface area contributed by atoms with Crippen LogP contribution in [0.1, 0.15) is 24.1 Å². The quantitative estimate of drug-likeness (QED) is 0.849. The number of methoxy groups -OCH3 is 1. The summed E-state index contributed by atoms with van der Waals surface area (Å²) in [6, 6.07) is 12.1. The molecular weight excluding hydrogens is 262 g/mol. The van der Waals surface area contributed by atoms with Crippen molar-refractivity contribution in [2.24, 2.45) is 5.73 Å². The van der Waals surface area contributed by atoms with Crippen LogP contribution in [0.25, 0.3) is 0 Å². The van der Waals surface area contributed by atoms with E-state index in [1.54, 1.807) is 7.11 Å². The molecule has 0 aliphatic carbocycles. The van der Waals surface area contributed by atoms with E-state index in [9.17, 15) is 0 Å². The summed E-state index contributed by atoms with van der Waals surface area (Å²) in [6.45, 7) is 4.84. The van der Waals surface area contributed by atoms with Gasteiger partial charge in [-0.05, 0) is 41.9 Å². The molecule has 0 fully saturated rings. The number of nitrogens with zero attached hydrogens (tertiary/aromatic N) is 2. The maximum atomic E-state index is 6.32. The Kier molecular flexibility index (Phi) is 5.72. The number of likely N-dealkylation sites (N-methyl/N-ethyl adjacent to an activating group) is 1. The van der Waals surface area contributed by atoms with Crippen molar-refractivity contribution in [1.82, 2.24) is 9.88 Å². The van der Waals surface area contributed by atoms with E-state index in [0.717, 1.165) is 30.9 Å². The van der Waals surface area contributed by atoms with E-state index in [-0.39, 0.29) is 6.04 Å². The second-order valence-electron chi connectivity index (χ2n) is 5.06. The first-order valence-corrected chi connectivity index (χ1v) is 7.23. The molecule has 0 aliphatic rings. The number of ether oxygens (including phenoxy) is 1. The van der Waals surface area contributed by atoms with Gasteiger partial charge < -0.3 is 10.5 Å². The van der Waals surface area contributed by atoms with Gasteiger partial charge in [-0.3, -0.25) is 9.88 Å². The fourth-order valence-corrected chi connectivity index (χ4v) is 2.29. The van der Waals surface area contributed by atoms with E-state index >= 15 is 0 Å². The molecule has 21 heavy (non-hydrogen) atoms. The molecule has 1 aromatic carbocycles. The van der Waals surface area contributed by atoms with Gasteiger partial charge in [0.05, 0.1) is 7.11 Å². The van der Waals surface area contributed by atoms with Crippen molar-refractivity contribution in [1.29, 1.82) is 0 Å². The van der Waals surface area contributed by atoms with Crippen LogP contribution in [-0.2, 0) is 6.54 Å². The minimum absolute atomic E-state index is 0.00214. The van der Waals surface area contributed by atoms with Gasteiger partial charge in [-0.25, -0.2) is 0 Å². The largest absolute Gasteiger partial charge is 0.497 e. The SMILES string of the molecule is CCN(Cc1ccncc1)CC(N)c1ccc(OC)cc1. The Bertz CT molecular complexity index is 527. The first-order valence-electron chi connectivity index (χ1n) is 7.23. The monoisotopic (exact) mass is 285 g/mol. The molecule has 2 N–H and O–H groups in total.